The third-order valence-electron chi connectivity index (χ3n) is 4.71. The predicted octanol–water partition coefficient (Wildman–Crippen LogP) is 3.44. The maximum Gasteiger partial charge on any atom is 0.342 e. The molecule has 0 bridgehead atoms. The van der Waals surface area contributed by atoms with Crippen molar-refractivity contribution in [3.8, 4) is 10.6 Å². The van der Waals surface area contributed by atoms with Gasteiger partial charge in [-0.1, -0.05) is 36.4 Å². The quantitative estimate of drug-likeness (QED) is 0.600. The van der Waals surface area contributed by atoms with Crippen molar-refractivity contribution in [1.29, 1.82) is 0 Å². The Morgan fingerprint density at radius 1 is 1.07 bits per heavy atom. The van der Waals surface area contributed by atoms with Gasteiger partial charge in [-0.3, -0.25) is 9.48 Å². The summed E-state index contributed by atoms with van der Waals surface area (Å²) in [4.78, 5) is 27.5. The highest BCUT2D eigenvalue weighted by Gasteiger charge is 2.23. The van der Waals surface area contributed by atoms with E-state index in [0.29, 0.717) is 17.8 Å². The van der Waals surface area contributed by atoms with Crippen molar-refractivity contribution in [2.45, 2.75) is 19.4 Å². The summed E-state index contributed by atoms with van der Waals surface area (Å²) >= 11 is 1.51. The fraction of sp³-hybridized carbons (Fsp3) is 0.286. The molecule has 7 heteroatoms. The Morgan fingerprint density at radius 2 is 1.86 bits per heavy atom. The largest absolute Gasteiger partial charge is 0.452 e. The minimum absolute atomic E-state index is 0.139. The van der Waals surface area contributed by atoms with E-state index in [-0.39, 0.29) is 12.5 Å². The number of benzene rings is 1. The minimum atomic E-state index is -0.518. The van der Waals surface area contributed by atoms with Crippen molar-refractivity contribution in [1.82, 2.24) is 14.7 Å². The normalized spacial score (nSPS) is 13.6. The lowest BCUT2D eigenvalue weighted by atomic mass is 10.2. The van der Waals surface area contributed by atoms with Crippen LogP contribution in [0, 0.1) is 0 Å². The molecule has 1 fully saturated rings. The van der Waals surface area contributed by atoms with Crippen molar-refractivity contribution in [3.05, 3.63) is 65.2 Å². The molecule has 28 heavy (non-hydrogen) atoms. The zero-order valence-electron chi connectivity index (χ0n) is 15.4. The van der Waals surface area contributed by atoms with E-state index >= 15 is 0 Å². The van der Waals surface area contributed by atoms with Crippen LogP contribution in [0.3, 0.4) is 0 Å². The molecule has 0 saturated carbocycles. The van der Waals surface area contributed by atoms with E-state index < -0.39 is 5.97 Å². The highest BCUT2D eigenvalue weighted by molar-refractivity contribution is 7.13. The summed E-state index contributed by atoms with van der Waals surface area (Å²) in [5, 5.41) is 6.55. The van der Waals surface area contributed by atoms with Gasteiger partial charge in [0.15, 0.2) is 6.61 Å². The molecule has 6 nitrogen and oxygen atoms in total. The average Bonchev–Trinajstić information content (AvgIpc) is 3.47. The molecule has 0 atom stereocenters. The van der Waals surface area contributed by atoms with Crippen molar-refractivity contribution in [3.63, 3.8) is 0 Å². The monoisotopic (exact) mass is 395 g/mol. The Morgan fingerprint density at radius 3 is 2.57 bits per heavy atom. The number of carbonyl (C=O) groups excluding carboxylic acids is 2. The zero-order valence-corrected chi connectivity index (χ0v) is 16.2. The second-order valence-electron chi connectivity index (χ2n) is 6.72. The van der Waals surface area contributed by atoms with Crippen molar-refractivity contribution < 1.29 is 14.3 Å². The number of nitrogens with zero attached hydrogens (tertiary/aromatic N) is 3. The van der Waals surface area contributed by atoms with Crippen LogP contribution >= 0.6 is 11.3 Å². The number of thiophene rings is 1. The second-order valence-corrected chi connectivity index (χ2v) is 7.66. The number of hydrogen-bond donors (Lipinski definition) is 0. The lowest BCUT2D eigenvalue weighted by Gasteiger charge is -2.14. The standard InChI is InChI=1S/C21H21N3O3S/c25-19(23-10-4-5-11-23)15-27-21(26)17-14-24(13-16-7-2-1-3-8-16)22-20(17)18-9-6-12-28-18/h1-3,6-9,12,14H,4-5,10-11,13,15H2. The van der Waals surface area contributed by atoms with E-state index in [1.807, 2.05) is 47.8 Å². The summed E-state index contributed by atoms with van der Waals surface area (Å²) in [6, 6.07) is 13.8. The van der Waals surface area contributed by atoms with Gasteiger partial charge in [-0.25, -0.2) is 4.79 Å². The number of likely N-dealkylation sites (tertiary alicyclic amines) is 1. The van der Waals surface area contributed by atoms with E-state index in [1.54, 1.807) is 15.8 Å². The van der Waals surface area contributed by atoms with E-state index in [2.05, 4.69) is 5.10 Å². The molecule has 0 aliphatic carbocycles. The summed E-state index contributed by atoms with van der Waals surface area (Å²) < 4.78 is 7.07. The van der Waals surface area contributed by atoms with E-state index in [1.165, 1.54) is 11.3 Å². The van der Waals surface area contributed by atoms with Gasteiger partial charge in [0.2, 0.25) is 0 Å². The SMILES string of the molecule is O=C(OCC(=O)N1CCCC1)c1cn(Cc2ccccc2)nc1-c1cccs1. The van der Waals surface area contributed by atoms with Crippen LogP contribution in [0.4, 0.5) is 0 Å². The molecular formula is C21H21N3O3S. The third-order valence-corrected chi connectivity index (χ3v) is 5.59. The number of esters is 1. The highest BCUT2D eigenvalue weighted by Crippen LogP contribution is 2.27. The summed E-state index contributed by atoms with van der Waals surface area (Å²) in [6.45, 7) is 1.81. The number of aromatic nitrogens is 2. The smallest absolute Gasteiger partial charge is 0.342 e. The number of amides is 1. The Labute approximate surface area is 167 Å². The van der Waals surface area contributed by atoms with Gasteiger partial charge in [0.05, 0.1) is 11.4 Å². The van der Waals surface area contributed by atoms with Crippen molar-refractivity contribution in [2.75, 3.05) is 19.7 Å². The molecule has 0 N–H and O–H groups in total. The summed E-state index contributed by atoms with van der Waals surface area (Å²) in [7, 11) is 0. The molecule has 2 aromatic heterocycles. The molecule has 1 saturated heterocycles. The molecule has 1 amide bonds. The van der Waals surface area contributed by atoms with Crippen LogP contribution < -0.4 is 0 Å². The number of rotatable bonds is 6. The molecule has 144 valence electrons. The number of carbonyl (C=O) groups is 2. The average molecular weight is 395 g/mol. The van der Waals surface area contributed by atoms with Crippen LogP contribution in [0.1, 0.15) is 28.8 Å². The number of hydrogen-bond acceptors (Lipinski definition) is 5. The summed E-state index contributed by atoms with van der Waals surface area (Å²) in [5.41, 5.74) is 2.06. The second kappa shape index (κ2) is 8.39. The van der Waals surface area contributed by atoms with Crippen molar-refractivity contribution in [2.24, 2.45) is 0 Å². The predicted molar refractivity (Wildman–Crippen MR) is 107 cm³/mol. The molecule has 0 spiro atoms. The maximum atomic E-state index is 12.7. The van der Waals surface area contributed by atoms with Crippen LogP contribution in [0.15, 0.2) is 54.0 Å². The number of ether oxygens (including phenoxy) is 1. The van der Waals surface area contributed by atoms with Gasteiger partial charge in [0, 0.05) is 19.3 Å². The van der Waals surface area contributed by atoms with Gasteiger partial charge in [0.25, 0.3) is 5.91 Å². The van der Waals surface area contributed by atoms with Crippen LogP contribution in [0.25, 0.3) is 10.6 Å². The fourth-order valence-electron chi connectivity index (χ4n) is 3.28. The van der Waals surface area contributed by atoms with Gasteiger partial charge in [-0.05, 0) is 29.9 Å². The van der Waals surface area contributed by atoms with Gasteiger partial charge in [0.1, 0.15) is 11.3 Å². The Bertz CT molecular complexity index is 945. The first-order valence-corrected chi connectivity index (χ1v) is 10.2. The first-order chi connectivity index (χ1) is 13.7. The Balaban J connectivity index is 1.52. The lowest BCUT2D eigenvalue weighted by molar-refractivity contribution is -0.133. The Kier molecular flexibility index (Phi) is 5.53. The maximum absolute atomic E-state index is 12.7. The first kappa shape index (κ1) is 18.4. The topological polar surface area (TPSA) is 64.4 Å². The molecule has 1 aromatic carbocycles. The molecule has 4 rings (SSSR count). The first-order valence-electron chi connectivity index (χ1n) is 9.31. The molecule has 3 heterocycles. The van der Waals surface area contributed by atoms with Crippen LogP contribution in [0.5, 0.6) is 0 Å². The molecule has 1 aliphatic heterocycles. The van der Waals surface area contributed by atoms with Crippen molar-refractivity contribution >= 4 is 23.2 Å². The molecule has 0 radical (unpaired) electrons. The molecule has 3 aromatic rings. The third kappa shape index (κ3) is 4.14. The van der Waals surface area contributed by atoms with Crippen LogP contribution in [-0.2, 0) is 16.1 Å². The van der Waals surface area contributed by atoms with Gasteiger partial charge in [-0.2, -0.15) is 5.10 Å². The summed E-state index contributed by atoms with van der Waals surface area (Å²) in [6.07, 6.45) is 3.72. The fourth-order valence-corrected chi connectivity index (χ4v) is 4.00. The zero-order chi connectivity index (χ0) is 19.3. The van der Waals surface area contributed by atoms with Crippen LogP contribution in [-0.4, -0.2) is 46.3 Å². The van der Waals surface area contributed by atoms with E-state index in [4.69, 9.17) is 4.74 Å². The molecular weight excluding hydrogens is 374 g/mol. The van der Waals surface area contributed by atoms with E-state index in [0.717, 1.165) is 36.4 Å². The lowest BCUT2D eigenvalue weighted by Crippen LogP contribution is -2.32. The molecule has 1 aliphatic rings. The van der Waals surface area contributed by atoms with Gasteiger partial charge >= 0.3 is 5.97 Å². The summed E-state index contributed by atoms with van der Waals surface area (Å²) in [5.74, 6) is -0.657. The molecule has 0 unspecified atom stereocenters. The van der Waals surface area contributed by atoms with Gasteiger partial charge in [-0.15, -0.1) is 11.3 Å². The van der Waals surface area contributed by atoms with E-state index in [9.17, 15) is 9.59 Å². The highest BCUT2D eigenvalue weighted by atomic mass is 32.1. The van der Waals surface area contributed by atoms with Crippen LogP contribution in [0.2, 0.25) is 0 Å². The minimum Gasteiger partial charge on any atom is -0.452 e. The Hall–Kier alpha value is -2.93. The van der Waals surface area contributed by atoms with Gasteiger partial charge < -0.3 is 9.64 Å².